The lowest BCUT2D eigenvalue weighted by Crippen LogP contribution is -2.39. The van der Waals surface area contributed by atoms with Crippen LogP contribution in [0.15, 0.2) is 49.1 Å². The van der Waals surface area contributed by atoms with Crippen molar-refractivity contribution in [3.05, 3.63) is 77.1 Å². The van der Waals surface area contributed by atoms with Crippen LogP contribution in [0.4, 0.5) is 11.6 Å². The van der Waals surface area contributed by atoms with Gasteiger partial charge in [-0.05, 0) is 75.1 Å². The third kappa shape index (κ3) is 6.92. The molecule has 0 saturated carbocycles. The van der Waals surface area contributed by atoms with Gasteiger partial charge in [0, 0.05) is 61.6 Å². The first kappa shape index (κ1) is 33.1. The molecule has 4 aromatic rings. The molecule has 0 spiro atoms. The lowest BCUT2D eigenvalue weighted by molar-refractivity contribution is -0.160. The summed E-state index contributed by atoms with van der Waals surface area (Å²) >= 11 is 0. The van der Waals surface area contributed by atoms with Crippen molar-refractivity contribution in [3.8, 4) is 22.5 Å². The Kier molecular flexibility index (Phi) is 9.00. The fourth-order valence-corrected chi connectivity index (χ4v) is 6.61. The van der Waals surface area contributed by atoms with Gasteiger partial charge in [0.15, 0.2) is 12.4 Å². The number of pyridine rings is 1. The molecule has 1 unspecified atom stereocenters. The quantitative estimate of drug-likeness (QED) is 0.217. The number of benzene rings is 1. The summed E-state index contributed by atoms with van der Waals surface area (Å²) in [6.07, 6.45) is 8.83. The van der Waals surface area contributed by atoms with Gasteiger partial charge in [-0.3, -0.25) is 14.8 Å². The van der Waals surface area contributed by atoms with E-state index in [1.807, 2.05) is 32.9 Å². The Balaban J connectivity index is 1.42. The summed E-state index contributed by atoms with van der Waals surface area (Å²) in [5, 5.41) is 10.5. The molecule has 1 N–H and O–H groups in total. The molecule has 1 saturated heterocycles. The van der Waals surface area contributed by atoms with Gasteiger partial charge in [-0.15, -0.1) is 0 Å². The normalized spacial score (nSPS) is 16.7. The zero-order chi connectivity index (χ0) is 34.2. The number of carboxylic acid groups (broad SMARTS) is 1. The number of carbonyl (C=O) groups excluding carboxylic acids is 1. The lowest BCUT2D eigenvalue weighted by atomic mass is 9.81. The molecule has 1 atom stereocenters. The highest BCUT2D eigenvalue weighted by Crippen LogP contribution is 2.45. The monoisotopic (exact) mass is 649 g/mol. The van der Waals surface area contributed by atoms with Crippen molar-refractivity contribution in [1.82, 2.24) is 24.9 Å². The summed E-state index contributed by atoms with van der Waals surface area (Å²) < 4.78 is 6.20. The molecule has 5 heterocycles. The topological polar surface area (TPSA) is 135 Å². The molecule has 1 fully saturated rings. The molecule has 11 heteroatoms. The second-order valence-corrected chi connectivity index (χ2v) is 14.4. The van der Waals surface area contributed by atoms with Gasteiger partial charge in [0.1, 0.15) is 11.4 Å². The number of carbonyl (C=O) groups is 2. The van der Waals surface area contributed by atoms with Crippen LogP contribution >= 0.6 is 0 Å². The van der Waals surface area contributed by atoms with Gasteiger partial charge >= 0.3 is 5.97 Å². The van der Waals surface area contributed by atoms with Crippen molar-refractivity contribution in [2.24, 2.45) is 5.41 Å². The number of carboxylic acids is 1. The van der Waals surface area contributed by atoms with Crippen molar-refractivity contribution < 1.29 is 19.4 Å². The van der Waals surface area contributed by atoms with Crippen molar-refractivity contribution in [2.75, 3.05) is 29.4 Å². The average Bonchev–Trinajstić information content (AvgIpc) is 3.06. The van der Waals surface area contributed by atoms with Crippen LogP contribution in [0.3, 0.4) is 0 Å². The second kappa shape index (κ2) is 13.0. The zero-order valence-corrected chi connectivity index (χ0v) is 28.5. The number of piperidine rings is 1. The Morgan fingerprint density at radius 1 is 0.979 bits per heavy atom. The summed E-state index contributed by atoms with van der Waals surface area (Å²) in [6.45, 7) is 14.6. The average molecular weight is 650 g/mol. The Hall–Kier alpha value is -4.77. The van der Waals surface area contributed by atoms with E-state index in [0.29, 0.717) is 52.9 Å². The van der Waals surface area contributed by atoms with E-state index < -0.39 is 17.7 Å². The molecule has 250 valence electrons. The molecule has 0 aliphatic carbocycles. The van der Waals surface area contributed by atoms with Crippen LogP contribution in [0.5, 0.6) is 0 Å². The number of aliphatic carboxylic acids is 1. The van der Waals surface area contributed by atoms with Crippen LogP contribution in [0.2, 0.25) is 0 Å². The number of aryl methyl sites for hydroxylation is 1. The Labute approximate surface area is 281 Å². The highest BCUT2D eigenvalue weighted by Gasteiger charge is 2.37. The molecule has 6 rings (SSSR count). The largest absolute Gasteiger partial charge is 0.479 e. The number of rotatable bonds is 8. The first-order valence-electron chi connectivity index (χ1n) is 16.5. The van der Waals surface area contributed by atoms with Gasteiger partial charge in [-0.1, -0.05) is 32.0 Å². The summed E-state index contributed by atoms with van der Waals surface area (Å²) in [5.74, 6) is -0.466. The van der Waals surface area contributed by atoms with Gasteiger partial charge < -0.3 is 19.6 Å². The molecular weight excluding hydrogens is 606 g/mol. The standard InChI is InChI=1S/C37H43N7O4/c1-23-30(33(34(46)47)48-36(2,3)4)32(43-17-11-37(5,6)12-18-43)31(29(22-45)41-23)25-7-8-26-21-44(16-10-24(26)19-25)35-40-13-9-27(42-35)28-20-38-14-15-39-28/h7-9,13-15,19-20,22,33H,10-12,16-18,21H2,1-6H3,(H,46,47). The van der Waals surface area contributed by atoms with Crippen molar-refractivity contribution >= 4 is 23.9 Å². The third-order valence-corrected chi connectivity index (χ3v) is 9.19. The Bertz CT molecular complexity index is 1830. The Morgan fingerprint density at radius 2 is 1.75 bits per heavy atom. The number of anilines is 2. The molecule has 0 bridgehead atoms. The predicted molar refractivity (Wildman–Crippen MR) is 184 cm³/mol. The SMILES string of the molecule is Cc1nc(C=O)c(-c2ccc3c(c2)CCN(c2nccc(-c4cnccn4)n2)C3)c(N2CCC(C)(C)CC2)c1C(OC(C)(C)C)C(=O)O. The molecule has 11 nitrogen and oxygen atoms in total. The van der Waals surface area contributed by atoms with Gasteiger partial charge in [-0.2, -0.15) is 0 Å². The van der Waals surface area contributed by atoms with Crippen LogP contribution in [0.1, 0.15) is 86.4 Å². The van der Waals surface area contributed by atoms with Crippen LogP contribution in [-0.2, 0) is 22.5 Å². The minimum absolute atomic E-state index is 0.163. The van der Waals surface area contributed by atoms with Crippen LogP contribution in [0.25, 0.3) is 22.5 Å². The fourth-order valence-electron chi connectivity index (χ4n) is 6.61. The lowest BCUT2D eigenvalue weighted by Gasteiger charge is -2.41. The maximum Gasteiger partial charge on any atom is 0.337 e. The van der Waals surface area contributed by atoms with Crippen molar-refractivity contribution in [3.63, 3.8) is 0 Å². The van der Waals surface area contributed by atoms with E-state index in [1.165, 1.54) is 0 Å². The van der Waals surface area contributed by atoms with Gasteiger partial charge in [0.05, 0.1) is 23.2 Å². The molecule has 48 heavy (non-hydrogen) atoms. The van der Waals surface area contributed by atoms with E-state index in [4.69, 9.17) is 14.7 Å². The van der Waals surface area contributed by atoms with Crippen LogP contribution in [-0.4, -0.2) is 67.5 Å². The fraction of sp³-hybridized carbons (Fsp3) is 0.432. The molecular formula is C37H43N7O4. The number of ether oxygens (including phenoxy) is 1. The smallest absolute Gasteiger partial charge is 0.337 e. The molecule has 1 aromatic carbocycles. The second-order valence-electron chi connectivity index (χ2n) is 14.4. The Morgan fingerprint density at radius 3 is 2.42 bits per heavy atom. The summed E-state index contributed by atoms with van der Waals surface area (Å²) in [4.78, 5) is 52.5. The summed E-state index contributed by atoms with van der Waals surface area (Å²) in [6, 6.07) is 8.06. The molecule has 2 aliphatic heterocycles. The molecule has 2 aliphatic rings. The van der Waals surface area contributed by atoms with E-state index in [0.717, 1.165) is 61.0 Å². The van der Waals surface area contributed by atoms with Crippen LogP contribution in [0, 0.1) is 12.3 Å². The third-order valence-electron chi connectivity index (χ3n) is 9.19. The number of hydrogen-bond donors (Lipinski definition) is 1. The minimum Gasteiger partial charge on any atom is -0.479 e. The molecule has 0 amide bonds. The molecule has 3 aromatic heterocycles. The number of nitrogens with zero attached hydrogens (tertiary/aromatic N) is 7. The van der Waals surface area contributed by atoms with Gasteiger partial charge in [0.2, 0.25) is 5.95 Å². The van der Waals surface area contributed by atoms with E-state index in [1.54, 1.807) is 31.7 Å². The maximum atomic E-state index is 12.8. The van der Waals surface area contributed by atoms with E-state index in [9.17, 15) is 14.7 Å². The predicted octanol–water partition coefficient (Wildman–Crippen LogP) is 6.25. The van der Waals surface area contributed by atoms with E-state index >= 15 is 0 Å². The van der Waals surface area contributed by atoms with Crippen molar-refractivity contribution in [1.29, 1.82) is 0 Å². The maximum absolute atomic E-state index is 12.8. The van der Waals surface area contributed by atoms with E-state index in [-0.39, 0.29) is 5.41 Å². The summed E-state index contributed by atoms with van der Waals surface area (Å²) in [5.41, 5.74) is 6.60. The minimum atomic E-state index is -1.26. The highest BCUT2D eigenvalue weighted by atomic mass is 16.5. The number of aromatic nitrogens is 5. The van der Waals surface area contributed by atoms with Gasteiger partial charge in [0.25, 0.3) is 0 Å². The summed E-state index contributed by atoms with van der Waals surface area (Å²) in [7, 11) is 0. The first-order valence-corrected chi connectivity index (χ1v) is 16.5. The van der Waals surface area contributed by atoms with E-state index in [2.05, 4.69) is 50.7 Å². The highest BCUT2D eigenvalue weighted by molar-refractivity contribution is 5.96. The van der Waals surface area contributed by atoms with Crippen molar-refractivity contribution in [2.45, 2.75) is 79.1 Å². The number of hydrogen-bond acceptors (Lipinski definition) is 10. The number of aldehydes is 1. The molecule has 0 radical (unpaired) electrons. The van der Waals surface area contributed by atoms with Crippen LogP contribution < -0.4 is 9.80 Å². The zero-order valence-electron chi connectivity index (χ0n) is 28.5. The number of fused-ring (bicyclic) bond motifs is 1. The first-order chi connectivity index (χ1) is 22.8. The van der Waals surface area contributed by atoms with Gasteiger partial charge in [-0.25, -0.2) is 19.7 Å².